The summed E-state index contributed by atoms with van der Waals surface area (Å²) in [4.78, 5) is 0. The van der Waals surface area contributed by atoms with Gasteiger partial charge in [-0.1, -0.05) is 109 Å². The van der Waals surface area contributed by atoms with Gasteiger partial charge in [-0.2, -0.15) is 0 Å². The molecule has 0 unspecified atom stereocenters. The molecule has 2 aliphatic rings. The first-order chi connectivity index (χ1) is 21.8. The number of aromatic nitrogens is 1. The van der Waals surface area contributed by atoms with Crippen LogP contribution in [0.2, 0.25) is 0 Å². The van der Waals surface area contributed by atoms with Crippen LogP contribution in [0.4, 0.5) is 0 Å². The molecule has 44 heavy (non-hydrogen) atoms. The summed E-state index contributed by atoms with van der Waals surface area (Å²) < 4.78 is 2.44. The molecule has 0 amide bonds. The lowest BCUT2D eigenvalue weighted by Crippen LogP contribution is -1.99. The number of hydrogen-bond donors (Lipinski definition) is 0. The van der Waals surface area contributed by atoms with Gasteiger partial charge in [-0.3, -0.25) is 0 Å². The minimum absolute atomic E-state index is 0.971. The van der Waals surface area contributed by atoms with Crippen LogP contribution in [-0.4, -0.2) is 4.57 Å². The van der Waals surface area contributed by atoms with Crippen molar-refractivity contribution in [3.8, 4) is 61.3 Å². The third-order valence-electron chi connectivity index (χ3n) is 9.77. The summed E-state index contributed by atoms with van der Waals surface area (Å²) >= 11 is 0. The summed E-state index contributed by atoms with van der Waals surface area (Å²) in [5, 5.41) is 2.56. The molecule has 0 radical (unpaired) electrons. The van der Waals surface area contributed by atoms with Gasteiger partial charge in [-0.15, -0.1) is 0 Å². The Bertz CT molecular complexity index is 2460. The van der Waals surface area contributed by atoms with Crippen LogP contribution >= 0.6 is 0 Å². The van der Waals surface area contributed by atoms with Gasteiger partial charge in [0.1, 0.15) is 0 Å². The van der Waals surface area contributed by atoms with E-state index in [9.17, 15) is 0 Å². The molecular weight excluding hydrogens is 530 g/mol. The van der Waals surface area contributed by atoms with Crippen molar-refractivity contribution in [3.63, 3.8) is 0 Å². The minimum Gasteiger partial charge on any atom is -0.309 e. The van der Waals surface area contributed by atoms with E-state index in [0.717, 1.165) is 6.42 Å². The number of hydrogen-bond acceptors (Lipinski definition) is 0. The van der Waals surface area contributed by atoms with Crippen molar-refractivity contribution in [2.75, 3.05) is 0 Å². The standard InChI is InChI=1S/C43H27N/c1-2-13-29(14-3-1)44-42-21-11-10-20-35(42)41-25-39-34-19-9-7-17-32(34)31-16-6-8-18-33(31)38-24-36-28(22-27-12-4-5-15-30(27)36)23-37(38)40(39)26-43(41)44/h1-21,23-26H,22H2. The molecule has 0 N–H and O–H groups in total. The first-order valence-electron chi connectivity index (χ1n) is 15.4. The molecule has 8 aromatic rings. The SMILES string of the molecule is c1ccc(-n2c3ccccc3c3cc4c(cc32)-c2cc3c(cc2-c2ccccc2-c2ccccc2-4)-c2ccccc2C3)cc1. The van der Waals surface area contributed by atoms with E-state index in [1.807, 2.05) is 0 Å². The second-order valence-corrected chi connectivity index (χ2v) is 12.1. The number of para-hydroxylation sites is 2. The third kappa shape index (κ3) is 3.24. The second kappa shape index (κ2) is 8.92. The van der Waals surface area contributed by atoms with Gasteiger partial charge in [-0.25, -0.2) is 0 Å². The molecule has 0 aliphatic heterocycles. The van der Waals surface area contributed by atoms with Crippen LogP contribution in [0.3, 0.4) is 0 Å². The highest BCUT2D eigenvalue weighted by atomic mass is 15.0. The fourth-order valence-electron chi connectivity index (χ4n) is 7.85. The van der Waals surface area contributed by atoms with Gasteiger partial charge in [0.25, 0.3) is 0 Å². The third-order valence-corrected chi connectivity index (χ3v) is 9.77. The Kier molecular flexibility index (Phi) is 4.84. The van der Waals surface area contributed by atoms with E-state index in [1.54, 1.807) is 0 Å². The molecule has 1 nitrogen and oxygen atoms in total. The van der Waals surface area contributed by atoms with Crippen molar-refractivity contribution >= 4 is 21.8 Å². The van der Waals surface area contributed by atoms with Crippen molar-refractivity contribution in [1.29, 1.82) is 0 Å². The van der Waals surface area contributed by atoms with Crippen molar-refractivity contribution in [1.82, 2.24) is 4.57 Å². The molecule has 10 rings (SSSR count). The summed E-state index contributed by atoms with van der Waals surface area (Å²) in [5.74, 6) is 0. The molecular formula is C43H27N. The second-order valence-electron chi connectivity index (χ2n) is 12.1. The Hall–Kier alpha value is -5.66. The Balaban J connectivity index is 1.39. The maximum Gasteiger partial charge on any atom is 0.0547 e. The maximum absolute atomic E-state index is 2.50. The van der Waals surface area contributed by atoms with Crippen LogP contribution in [0.1, 0.15) is 11.1 Å². The zero-order chi connectivity index (χ0) is 28.8. The van der Waals surface area contributed by atoms with Crippen LogP contribution in [0.15, 0.2) is 152 Å². The normalized spacial score (nSPS) is 12.5. The van der Waals surface area contributed by atoms with Gasteiger partial charge >= 0.3 is 0 Å². The van der Waals surface area contributed by atoms with Gasteiger partial charge < -0.3 is 4.57 Å². The van der Waals surface area contributed by atoms with Crippen molar-refractivity contribution in [2.45, 2.75) is 6.42 Å². The lowest BCUT2D eigenvalue weighted by Gasteiger charge is -2.24. The number of fused-ring (bicyclic) bond motifs is 14. The Morgan fingerprint density at radius 2 is 0.864 bits per heavy atom. The van der Waals surface area contributed by atoms with E-state index < -0.39 is 0 Å². The largest absolute Gasteiger partial charge is 0.309 e. The molecule has 0 bridgehead atoms. The van der Waals surface area contributed by atoms with Crippen molar-refractivity contribution in [2.24, 2.45) is 0 Å². The van der Waals surface area contributed by atoms with Gasteiger partial charge in [0.2, 0.25) is 0 Å². The number of benzene rings is 7. The zero-order valence-electron chi connectivity index (χ0n) is 24.1. The highest BCUT2D eigenvalue weighted by Crippen LogP contribution is 2.52. The average Bonchev–Trinajstić information content (AvgIpc) is 3.62. The zero-order valence-corrected chi connectivity index (χ0v) is 24.1. The Morgan fingerprint density at radius 1 is 0.318 bits per heavy atom. The van der Waals surface area contributed by atoms with Crippen LogP contribution in [0, 0.1) is 0 Å². The van der Waals surface area contributed by atoms with E-state index in [-0.39, 0.29) is 0 Å². The van der Waals surface area contributed by atoms with E-state index in [4.69, 9.17) is 0 Å². The summed E-state index contributed by atoms with van der Waals surface area (Å²) in [6, 6.07) is 56.4. The van der Waals surface area contributed by atoms with Crippen molar-refractivity contribution < 1.29 is 0 Å². The maximum atomic E-state index is 2.50. The van der Waals surface area contributed by atoms with Gasteiger partial charge in [-0.05, 0) is 116 Å². The molecule has 0 atom stereocenters. The minimum atomic E-state index is 0.971. The van der Waals surface area contributed by atoms with Crippen LogP contribution in [0.5, 0.6) is 0 Å². The fraction of sp³-hybridized carbons (Fsp3) is 0.0233. The van der Waals surface area contributed by atoms with E-state index >= 15 is 0 Å². The average molecular weight is 558 g/mol. The fourth-order valence-corrected chi connectivity index (χ4v) is 7.85. The molecule has 1 heteroatoms. The molecule has 204 valence electrons. The summed E-state index contributed by atoms with van der Waals surface area (Å²) in [5.41, 5.74) is 19.5. The first-order valence-corrected chi connectivity index (χ1v) is 15.4. The molecule has 1 aromatic heterocycles. The molecule has 1 heterocycles. The first kappa shape index (κ1) is 23.9. The Labute approximate surface area is 256 Å². The number of nitrogens with zero attached hydrogens (tertiary/aromatic N) is 1. The number of rotatable bonds is 1. The monoisotopic (exact) mass is 557 g/mol. The van der Waals surface area contributed by atoms with Crippen LogP contribution in [0.25, 0.3) is 83.1 Å². The smallest absolute Gasteiger partial charge is 0.0547 e. The van der Waals surface area contributed by atoms with Gasteiger partial charge in [0.15, 0.2) is 0 Å². The summed E-state index contributed by atoms with van der Waals surface area (Å²) in [6.45, 7) is 0. The molecule has 2 aliphatic carbocycles. The van der Waals surface area contributed by atoms with Gasteiger partial charge in [0.05, 0.1) is 11.0 Å². The molecule has 0 saturated carbocycles. The molecule has 0 fully saturated rings. The Morgan fingerprint density at radius 3 is 1.61 bits per heavy atom. The molecule has 7 aromatic carbocycles. The highest BCUT2D eigenvalue weighted by Gasteiger charge is 2.27. The topological polar surface area (TPSA) is 4.93 Å². The lowest BCUT2D eigenvalue weighted by atomic mass is 9.79. The predicted octanol–water partition coefficient (Wildman–Crippen LogP) is 11.3. The lowest BCUT2D eigenvalue weighted by molar-refractivity contribution is 1.18. The summed E-state index contributed by atoms with van der Waals surface area (Å²) in [6.07, 6.45) is 0.971. The highest BCUT2D eigenvalue weighted by molar-refractivity contribution is 6.15. The quantitative estimate of drug-likeness (QED) is 0.189. The van der Waals surface area contributed by atoms with E-state index in [1.165, 1.54) is 94.3 Å². The van der Waals surface area contributed by atoms with Crippen molar-refractivity contribution in [3.05, 3.63) is 163 Å². The predicted molar refractivity (Wildman–Crippen MR) is 184 cm³/mol. The van der Waals surface area contributed by atoms with Gasteiger partial charge in [0, 0.05) is 16.5 Å². The summed E-state index contributed by atoms with van der Waals surface area (Å²) in [7, 11) is 0. The van der Waals surface area contributed by atoms with Crippen LogP contribution in [-0.2, 0) is 6.42 Å². The molecule has 0 saturated heterocycles. The van der Waals surface area contributed by atoms with E-state index in [0.29, 0.717) is 0 Å². The van der Waals surface area contributed by atoms with Crippen LogP contribution < -0.4 is 0 Å². The molecule has 0 spiro atoms. The van der Waals surface area contributed by atoms with E-state index in [2.05, 4.69) is 156 Å².